The molecule has 0 heterocycles. The zero-order valence-electron chi connectivity index (χ0n) is 8.19. The largest absolute Gasteiger partial charge is 0.416 e. The van der Waals surface area contributed by atoms with Crippen LogP contribution < -0.4 is 0 Å². The monoisotopic (exact) mass is 238 g/mol. The molecule has 1 aromatic carbocycles. The summed E-state index contributed by atoms with van der Waals surface area (Å²) in [6, 6.07) is 3.32. The van der Waals surface area contributed by atoms with Crippen molar-refractivity contribution in [3.8, 4) is 0 Å². The Labute approximate surface area is 90.5 Å². The van der Waals surface area contributed by atoms with Crippen LogP contribution in [0.4, 0.5) is 13.2 Å². The van der Waals surface area contributed by atoms with Crippen LogP contribution in [0.5, 0.6) is 0 Å². The predicted octanol–water partition coefficient (Wildman–Crippen LogP) is 3.59. The fourth-order valence-electron chi connectivity index (χ4n) is 1.28. The molecule has 1 N–H and O–H groups in total. The molecule has 0 fully saturated rings. The Bertz CT molecular complexity index is 366. The molecule has 15 heavy (non-hydrogen) atoms. The number of hydrogen-bond donors (Lipinski definition) is 1. The Balaban J connectivity index is 3.41. The molecule has 0 unspecified atom stereocenters. The molecule has 0 atom stereocenters. The molecule has 0 bridgehead atoms. The Hall–Kier alpha value is -0.740. The molecule has 0 aliphatic rings. The van der Waals surface area contributed by atoms with Crippen LogP contribution in [-0.2, 0) is 11.8 Å². The molecular formula is C10H10ClF3O. The standard InChI is InChI=1S/C10H10ClF3O/c1-9(2,15)7-4-3-6(11)5-8(7)10(12,13)14/h3-5,15H,1-2H3. The Morgan fingerprint density at radius 1 is 1.13 bits per heavy atom. The summed E-state index contributed by atoms with van der Waals surface area (Å²) in [7, 11) is 0. The second-order valence-corrected chi connectivity index (χ2v) is 4.18. The minimum atomic E-state index is -4.51. The van der Waals surface area contributed by atoms with Gasteiger partial charge in [0.2, 0.25) is 0 Å². The van der Waals surface area contributed by atoms with E-state index < -0.39 is 17.3 Å². The van der Waals surface area contributed by atoms with E-state index in [0.717, 1.165) is 6.07 Å². The quantitative estimate of drug-likeness (QED) is 0.793. The van der Waals surface area contributed by atoms with E-state index in [-0.39, 0.29) is 10.6 Å². The van der Waals surface area contributed by atoms with Crippen molar-refractivity contribution in [1.29, 1.82) is 0 Å². The third-order valence-electron chi connectivity index (χ3n) is 1.95. The summed E-state index contributed by atoms with van der Waals surface area (Å²) in [5.74, 6) is 0. The average Bonchev–Trinajstić information content (AvgIpc) is 2.00. The summed E-state index contributed by atoms with van der Waals surface area (Å²) in [6.07, 6.45) is -4.51. The fourth-order valence-corrected chi connectivity index (χ4v) is 1.46. The average molecular weight is 239 g/mol. The van der Waals surface area contributed by atoms with Gasteiger partial charge >= 0.3 is 6.18 Å². The van der Waals surface area contributed by atoms with Gasteiger partial charge in [-0.2, -0.15) is 13.2 Å². The highest BCUT2D eigenvalue weighted by molar-refractivity contribution is 6.30. The van der Waals surface area contributed by atoms with E-state index in [1.807, 2.05) is 0 Å². The first-order valence-corrected chi connectivity index (χ1v) is 4.60. The highest BCUT2D eigenvalue weighted by Gasteiger charge is 2.37. The SMILES string of the molecule is CC(C)(O)c1ccc(Cl)cc1C(F)(F)F. The van der Waals surface area contributed by atoms with Crippen molar-refractivity contribution in [2.24, 2.45) is 0 Å². The van der Waals surface area contributed by atoms with Gasteiger partial charge in [0.15, 0.2) is 0 Å². The van der Waals surface area contributed by atoms with Gasteiger partial charge in [-0.05, 0) is 31.5 Å². The maximum Gasteiger partial charge on any atom is 0.416 e. The molecule has 1 aromatic rings. The molecule has 5 heteroatoms. The summed E-state index contributed by atoms with van der Waals surface area (Å²) in [5.41, 5.74) is -2.63. The lowest BCUT2D eigenvalue weighted by molar-refractivity contribution is -0.140. The van der Waals surface area contributed by atoms with Crippen LogP contribution >= 0.6 is 11.6 Å². The molecule has 0 spiro atoms. The van der Waals surface area contributed by atoms with Crippen LogP contribution in [0.1, 0.15) is 25.0 Å². The molecule has 0 aliphatic carbocycles. The summed E-state index contributed by atoms with van der Waals surface area (Å²) < 4.78 is 37.8. The van der Waals surface area contributed by atoms with Gasteiger partial charge < -0.3 is 5.11 Å². The van der Waals surface area contributed by atoms with Crippen LogP contribution in [-0.4, -0.2) is 5.11 Å². The van der Waals surface area contributed by atoms with Gasteiger partial charge in [-0.15, -0.1) is 0 Å². The fraction of sp³-hybridized carbons (Fsp3) is 0.400. The number of alkyl halides is 3. The van der Waals surface area contributed by atoms with Crippen LogP contribution in [0, 0.1) is 0 Å². The maximum atomic E-state index is 12.6. The lowest BCUT2D eigenvalue weighted by Crippen LogP contribution is -2.22. The third-order valence-corrected chi connectivity index (χ3v) is 2.18. The van der Waals surface area contributed by atoms with Crippen molar-refractivity contribution in [3.63, 3.8) is 0 Å². The van der Waals surface area contributed by atoms with Gasteiger partial charge in [0.05, 0.1) is 11.2 Å². The third kappa shape index (κ3) is 2.86. The summed E-state index contributed by atoms with van der Waals surface area (Å²) in [4.78, 5) is 0. The Morgan fingerprint density at radius 2 is 1.67 bits per heavy atom. The topological polar surface area (TPSA) is 20.2 Å². The summed E-state index contributed by atoms with van der Waals surface area (Å²) >= 11 is 5.49. The van der Waals surface area contributed by atoms with Gasteiger partial charge in [-0.3, -0.25) is 0 Å². The van der Waals surface area contributed by atoms with Crippen molar-refractivity contribution < 1.29 is 18.3 Å². The van der Waals surface area contributed by atoms with Crippen molar-refractivity contribution in [1.82, 2.24) is 0 Å². The first-order chi connectivity index (χ1) is 6.62. The lowest BCUT2D eigenvalue weighted by Gasteiger charge is -2.23. The van der Waals surface area contributed by atoms with Gasteiger partial charge in [0.1, 0.15) is 0 Å². The predicted molar refractivity (Wildman–Crippen MR) is 51.7 cm³/mol. The Morgan fingerprint density at radius 3 is 2.07 bits per heavy atom. The molecule has 84 valence electrons. The van der Waals surface area contributed by atoms with Gasteiger partial charge in [0.25, 0.3) is 0 Å². The second kappa shape index (κ2) is 3.68. The van der Waals surface area contributed by atoms with E-state index in [2.05, 4.69) is 0 Å². The molecule has 0 amide bonds. The number of aliphatic hydroxyl groups is 1. The van der Waals surface area contributed by atoms with Crippen molar-refractivity contribution >= 4 is 11.6 Å². The maximum absolute atomic E-state index is 12.6. The van der Waals surface area contributed by atoms with Crippen molar-refractivity contribution in [3.05, 3.63) is 34.3 Å². The summed E-state index contributed by atoms with van der Waals surface area (Å²) in [6.45, 7) is 2.59. The van der Waals surface area contributed by atoms with Crippen molar-refractivity contribution in [2.75, 3.05) is 0 Å². The van der Waals surface area contributed by atoms with E-state index in [4.69, 9.17) is 11.6 Å². The zero-order chi connectivity index (χ0) is 11.9. The number of rotatable bonds is 1. The molecule has 1 nitrogen and oxygen atoms in total. The van der Waals surface area contributed by atoms with E-state index in [1.165, 1.54) is 26.0 Å². The molecule has 0 aliphatic heterocycles. The molecule has 0 radical (unpaired) electrons. The number of hydrogen-bond acceptors (Lipinski definition) is 1. The van der Waals surface area contributed by atoms with Gasteiger partial charge in [-0.1, -0.05) is 17.7 Å². The minimum absolute atomic E-state index is 0.00433. The molecule has 1 rings (SSSR count). The lowest BCUT2D eigenvalue weighted by atomic mass is 9.93. The smallest absolute Gasteiger partial charge is 0.386 e. The van der Waals surface area contributed by atoms with Crippen LogP contribution in [0.25, 0.3) is 0 Å². The number of halogens is 4. The summed E-state index contributed by atoms with van der Waals surface area (Å²) in [5, 5.41) is 9.58. The first-order valence-electron chi connectivity index (χ1n) is 4.22. The number of benzene rings is 1. The van der Waals surface area contributed by atoms with E-state index in [9.17, 15) is 18.3 Å². The highest BCUT2D eigenvalue weighted by atomic mass is 35.5. The van der Waals surface area contributed by atoms with Gasteiger partial charge in [-0.25, -0.2) is 0 Å². The van der Waals surface area contributed by atoms with E-state index >= 15 is 0 Å². The minimum Gasteiger partial charge on any atom is -0.386 e. The molecular weight excluding hydrogens is 229 g/mol. The van der Waals surface area contributed by atoms with Crippen LogP contribution in [0.15, 0.2) is 18.2 Å². The van der Waals surface area contributed by atoms with Crippen LogP contribution in [0.2, 0.25) is 5.02 Å². The van der Waals surface area contributed by atoms with Crippen molar-refractivity contribution in [2.45, 2.75) is 25.6 Å². The van der Waals surface area contributed by atoms with E-state index in [0.29, 0.717) is 0 Å². The van der Waals surface area contributed by atoms with Gasteiger partial charge in [0, 0.05) is 5.02 Å². The van der Waals surface area contributed by atoms with Crippen LogP contribution in [0.3, 0.4) is 0 Å². The first kappa shape index (κ1) is 12.3. The molecule has 0 saturated carbocycles. The van der Waals surface area contributed by atoms with E-state index in [1.54, 1.807) is 0 Å². The highest BCUT2D eigenvalue weighted by Crippen LogP contribution is 2.37. The zero-order valence-corrected chi connectivity index (χ0v) is 8.95. The molecule has 0 saturated heterocycles. The Kier molecular flexibility index (Phi) is 3.03. The normalized spacial score (nSPS) is 13.0. The second-order valence-electron chi connectivity index (χ2n) is 3.75. The molecule has 0 aromatic heterocycles.